The third-order valence-electron chi connectivity index (χ3n) is 5.80. The number of aryl methyl sites for hydroxylation is 1. The van der Waals surface area contributed by atoms with Crippen LogP contribution in [0.5, 0.6) is 0 Å². The average molecular weight is 403 g/mol. The summed E-state index contributed by atoms with van der Waals surface area (Å²) in [5.41, 5.74) is 3.88. The number of nitrogens with one attached hydrogen (secondary N) is 2. The van der Waals surface area contributed by atoms with Crippen molar-refractivity contribution in [2.45, 2.75) is 124 Å². The van der Waals surface area contributed by atoms with Crippen molar-refractivity contribution in [3.63, 3.8) is 0 Å². The van der Waals surface area contributed by atoms with E-state index in [0.29, 0.717) is 0 Å². The van der Waals surface area contributed by atoms with E-state index in [9.17, 15) is 0 Å². The van der Waals surface area contributed by atoms with Crippen molar-refractivity contribution in [3.05, 3.63) is 23.8 Å². The first-order valence-corrected chi connectivity index (χ1v) is 12.9. The molecule has 0 saturated carbocycles. The summed E-state index contributed by atoms with van der Waals surface area (Å²) in [4.78, 5) is 0. The fourth-order valence-corrected chi connectivity index (χ4v) is 3.97. The Kier molecular flexibility index (Phi) is 16.8. The van der Waals surface area contributed by atoms with E-state index >= 15 is 0 Å². The molecule has 0 unspecified atom stereocenters. The summed E-state index contributed by atoms with van der Waals surface area (Å²) >= 11 is 0. The normalized spacial score (nSPS) is 11.0. The molecule has 0 saturated heterocycles. The lowest BCUT2D eigenvalue weighted by molar-refractivity contribution is 0.581. The topological polar surface area (TPSA) is 24.1 Å². The molecule has 168 valence electrons. The molecule has 0 aliphatic heterocycles. The molecule has 0 bridgehead atoms. The second-order valence-corrected chi connectivity index (χ2v) is 8.89. The Bertz CT molecular complexity index is 443. The molecule has 0 amide bonds. The van der Waals surface area contributed by atoms with E-state index < -0.39 is 0 Å². The van der Waals surface area contributed by atoms with Gasteiger partial charge in [0.15, 0.2) is 0 Å². The molecule has 0 aromatic heterocycles. The number of unbranched alkanes of at least 4 members (excludes halogenated alkanes) is 14. The van der Waals surface area contributed by atoms with Gasteiger partial charge in [-0.2, -0.15) is 0 Å². The first kappa shape index (κ1) is 25.9. The minimum absolute atomic E-state index is 1.09. The lowest BCUT2D eigenvalue weighted by Crippen LogP contribution is -2.05. The summed E-state index contributed by atoms with van der Waals surface area (Å²) < 4.78 is 0. The van der Waals surface area contributed by atoms with Gasteiger partial charge in [0, 0.05) is 24.5 Å². The number of anilines is 2. The van der Waals surface area contributed by atoms with E-state index in [-0.39, 0.29) is 0 Å². The largest absolute Gasteiger partial charge is 0.385 e. The average Bonchev–Trinajstić information content (AvgIpc) is 2.71. The molecule has 0 atom stereocenters. The van der Waals surface area contributed by atoms with Crippen molar-refractivity contribution in [1.29, 1.82) is 0 Å². The van der Waals surface area contributed by atoms with Crippen molar-refractivity contribution < 1.29 is 0 Å². The van der Waals surface area contributed by atoms with Crippen LogP contribution in [0.25, 0.3) is 0 Å². The van der Waals surface area contributed by atoms with Crippen LogP contribution in [0.15, 0.2) is 18.2 Å². The molecule has 2 nitrogen and oxygen atoms in total. The highest BCUT2D eigenvalue weighted by molar-refractivity contribution is 5.59. The van der Waals surface area contributed by atoms with E-state index in [0.717, 1.165) is 13.1 Å². The van der Waals surface area contributed by atoms with Crippen molar-refractivity contribution in [1.82, 2.24) is 0 Å². The van der Waals surface area contributed by atoms with Crippen LogP contribution >= 0.6 is 0 Å². The van der Waals surface area contributed by atoms with Gasteiger partial charge in [-0.15, -0.1) is 0 Å². The first-order valence-electron chi connectivity index (χ1n) is 12.9. The van der Waals surface area contributed by atoms with E-state index in [4.69, 9.17) is 0 Å². The van der Waals surface area contributed by atoms with Gasteiger partial charge in [0.05, 0.1) is 0 Å². The minimum atomic E-state index is 1.09. The van der Waals surface area contributed by atoms with Gasteiger partial charge >= 0.3 is 0 Å². The lowest BCUT2D eigenvalue weighted by Gasteiger charge is -2.12. The van der Waals surface area contributed by atoms with Crippen molar-refractivity contribution in [3.8, 4) is 0 Å². The Labute approximate surface area is 182 Å². The highest BCUT2D eigenvalue weighted by atomic mass is 14.9. The number of hydrogen-bond donors (Lipinski definition) is 2. The summed E-state index contributed by atoms with van der Waals surface area (Å²) in [7, 11) is 0. The summed E-state index contributed by atoms with van der Waals surface area (Å²) in [5, 5.41) is 7.26. The maximum absolute atomic E-state index is 3.63. The van der Waals surface area contributed by atoms with Crippen LogP contribution in [0.2, 0.25) is 0 Å². The second kappa shape index (κ2) is 18.8. The Morgan fingerprint density at radius 1 is 0.483 bits per heavy atom. The molecule has 1 aromatic carbocycles. The molecule has 0 radical (unpaired) electrons. The van der Waals surface area contributed by atoms with E-state index in [1.807, 2.05) is 0 Å². The molecule has 1 aromatic rings. The zero-order valence-electron chi connectivity index (χ0n) is 20.0. The van der Waals surface area contributed by atoms with Crippen LogP contribution in [0, 0.1) is 6.92 Å². The van der Waals surface area contributed by atoms with Gasteiger partial charge in [-0.1, -0.05) is 104 Å². The number of benzene rings is 1. The molecule has 0 aliphatic rings. The molecule has 29 heavy (non-hydrogen) atoms. The fourth-order valence-electron chi connectivity index (χ4n) is 3.97. The monoisotopic (exact) mass is 402 g/mol. The van der Waals surface area contributed by atoms with Gasteiger partial charge in [-0.3, -0.25) is 0 Å². The molecular weight excluding hydrogens is 352 g/mol. The van der Waals surface area contributed by atoms with Gasteiger partial charge in [-0.05, 0) is 43.5 Å². The Balaban J connectivity index is 2.09. The van der Waals surface area contributed by atoms with Crippen LogP contribution in [0.4, 0.5) is 11.4 Å². The highest BCUT2D eigenvalue weighted by Crippen LogP contribution is 2.19. The maximum atomic E-state index is 3.63. The van der Waals surface area contributed by atoms with E-state index in [1.165, 1.54) is 120 Å². The lowest BCUT2D eigenvalue weighted by atomic mass is 10.1. The minimum Gasteiger partial charge on any atom is -0.385 e. The molecule has 0 spiro atoms. The smallest absolute Gasteiger partial charge is 0.0363 e. The zero-order chi connectivity index (χ0) is 21.0. The van der Waals surface area contributed by atoms with Crippen molar-refractivity contribution in [2.75, 3.05) is 23.7 Å². The van der Waals surface area contributed by atoms with Crippen LogP contribution in [0.1, 0.15) is 122 Å². The quantitative estimate of drug-likeness (QED) is 0.212. The Morgan fingerprint density at radius 3 is 1.21 bits per heavy atom. The third-order valence-corrected chi connectivity index (χ3v) is 5.80. The van der Waals surface area contributed by atoms with Gasteiger partial charge in [-0.25, -0.2) is 0 Å². The van der Waals surface area contributed by atoms with Gasteiger partial charge in [0.2, 0.25) is 0 Å². The first-order chi connectivity index (χ1) is 14.3. The van der Waals surface area contributed by atoms with Gasteiger partial charge in [0.1, 0.15) is 0 Å². The Morgan fingerprint density at radius 2 is 0.828 bits per heavy atom. The fraction of sp³-hybridized carbons (Fsp3) is 0.778. The molecule has 2 heteroatoms. The predicted octanol–water partition coefficient (Wildman–Crippen LogP) is 9.10. The predicted molar refractivity (Wildman–Crippen MR) is 133 cm³/mol. The van der Waals surface area contributed by atoms with Crippen LogP contribution in [-0.4, -0.2) is 13.1 Å². The van der Waals surface area contributed by atoms with Gasteiger partial charge in [0.25, 0.3) is 0 Å². The maximum Gasteiger partial charge on any atom is 0.0363 e. The third kappa shape index (κ3) is 15.3. The molecule has 2 N–H and O–H groups in total. The van der Waals surface area contributed by atoms with Crippen molar-refractivity contribution in [2.24, 2.45) is 0 Å². The molecule has 0 aliphatic carbocycles. The molecule has 1 rings (SSSR count). The number of rotatable bonds is 20. The summed E-state index contributed by atoms with van der Waals surface area (Å²) in [6, 6.07) is 6.82. The highest BCUT2D eigenvalue weighted by Gasteiger charge is 1.99. The number of hydrogen-bond acceptors (Lipinski definition) is 2. The standard InChI is InChI=1S/C27H50N2/c1-4-6-8-10-12-14-16-18-20-28-26-22-25(3)23-27(24-26)29-21-19-17-15-13-11-9-7-5-2/h22-24,28-29H,4-21H2,1-3H3. The van der Waals surface area contributed by atoms with Gasteiger partial charge < -0.3 is 10.6 Å². The van der Waals surface area contributed by atoms with E-state index in [2.05, 4.69) is 49.6 Å². The molecule has 0 fully saturated rings. The van der Waals surface area contributed by atoms with Crippen LogP contribution in [-0.2, 0) is 0 Å². The summed E-state index contributed by atoms with van der Waals surface area (Å²) in [5.74, 6) is 0. The van der Waals surface area contributed by atoms with Crippen LogP contribution < -0.4 is 10.6 Å². The summed E-state index contributed by atoms with van der Waals surface area (Å²) in [6.07, 6.45) is 22.1. The zero-order valence-corrected chi connectivity index (χ0v) is 20.0. The van der Waals surface area contributed by atoms with Crippen LogP contribution in [0.3, 0.4) is 0 Å². The molecule has 0 heterocycles. The van der Waals surface area contributed by atoms with Crippen molar-refractivity contribution >= 4 is 11.4 Å². The Hall–Kier alpha value is -1.18. The summed E-state index contributed by atoms with van der Waals surface area (Å²) in [6.45, 7) is 8.96. The molecular formula is C27H50N2. The van der Waals surface area contributed by atoms with E-state index in [1.54, 1.807) is 0 Å². The SMILES string of the molecule is CCCCCCCCCCNc1cc(C)cc(NCCCCCCCCCC)c1. The second-order valence-electron chi connectivity index (χ2n) is 8.89.